The Hall–Kier alpha value is -2.38. The number of carbonyl (C=O) groups excluding carboxylic acids is 1. The lowest BCUT2D eigenvalue weighted by atomic mass is 9.93. The van der Waals surface area contributed by atoms with Crippen LogP contribution in [0.25, 0.3) is 0 Å². The van der Waals surface area contributed by atoms with E-state index in [2.05, 4.69) is 5.32 Å². The van der Waals surface area contributed by atoms with Gasteiger partial charge in [-0.15, -0.1) is 0 Å². The Labute approximate surface area is 112 Å². The fourth-order valence-electron chi connectivity index (χ4n) is 2.22. The van der Waals surface area contributed by atoms with E-state index in [-0.39, 0.29) is 17.9 Å². The average molecular weight is 286 g/mol. The van der Waals surface area contributed by atoms with Crippen LogP contribution in [0.1, 0.15) is 11.5 Å². The van der Waals surface area contributed by atoms with E-state index >= 15 is 0 Å². The van der Waals surface area contributed by atoms with Crippen LogP contribution in [0, 0.1) is 11.6 Å². The molecule has 2 atom stereocenters. The zero-order valence-corrected chi connectivity index (χ0v) is 10.4. The molecule has 6 nitrogen and oxygen atoms in total. The quantitative estimate of drug-likeness (QED) is 0.767. The molecule has 108 valence electrons. The van der Waals surface area contributed by atoms with Crippen LogP contribution in [0.5, 0.6) is 5.75 Å². The van der Waals surface area contributed by atoms with Crippen LogP contribution in [0.15, 0.2) is 12.1 Å². The Morgan fingerprint density at radius 1 is 1.45 bits per heavy atom. The maximum absolute atomic E-state index is 14.0. The Kier molecular flexibility index (Phi) is 3.73. The molecular weight excluding hydrogens is 274 g/mol. The fourth-order valence-corrected chi connectivity index (χ4v) is 2.22. The van der Waals surface area contributed by atoms with Crippen LogP contribution in [0.2, 0.25) is 0 Å². The number of amides is 2. The minimum Gasteiger partial charge on any atom is -0.497 e. The molecule has 0 bridgehead atoms. The summed E-state index contributed by atoms with van der Waals surface area (Å²) in [4.78, 5) is 22.2. The summed E-state index contributed by atoms with van der Waals surface area (Å²) in [5, 5.41) is 13.0. The van der Waals surface area contributed by atoms with E-state index in [1.165, 1.54) is 7.11 Å². The predicted octanol–water partition coefficient (Wildman–Crippen LogP) is 0.823. The Balaban J connectivity index is 2.39. The summed E-state index contributed by atoms with van der Waals surface area (Å²) < 4.78 is 32.6. The van der Waals surface area contributed by atoms with Gasteiger partial charge in [-0.3, -0.25) is 4.79 Å². The van der Waals surface area contributed by atoms with E-state index in [0.717, 1.165) is 12.1 Å². The third-order valence-corrected chi connectivity index (χ3v) is 3.12. The third-order valence-electron chi connectivity index (χ3n) is 3.12. The van der Waals surface area contributed by atoms with Gasteiger partial charge in [0.2, 0.25) is 5.91 Å². The molecule has 0 aromatic heterocycles. The first-order valence-electron chi connectivity index (χ1n) is 5.74. The lowest BCUT2D eigenvalue weighted by Gasteiger charge is -2.18. The number of carboxylic acid groups (broad SMARTS) is 1. The van der Waals surface area contributed by atoms with Gasteiger partial charge in [0, 0.05) is 30.2 Å². The molecule has 3 N–H and O–H groups in total. The number of methoxy groups -OCH3 is 1. The predicted molar refractivity (Wildman–Crippen MR) is 63.6 cm³/mol. The summed E-state index contributed by atoms with van der Waals surface area (Å²) in [5.41, 5.74) is -0.345. The monoisotopic (exact) mass is 286 g/mol. The molecule has 0 saturated carbocycles. The lowest BCUT2D eigenvalue weighted by molar-refractivity contribution is -0.120. The van der Waals surface area contributed by atoms with Gasteiger partial charge in [0.1, 0.15) is 23.4 Å². The molecule has 2 amide bonds. The number of hydrogen-bond donors (Lipinski definition) is 3. The van der Waals surface area contributed by atoms with Gasteiger partial charge in [0.15, 0.2) is 0 Å². The Morgan fingerprint density at radius 2 is 2.05 bits per heavy atom. The fraction of sp³-hybridized carbons (Fsp3) is 0.333. The number of benzene rings is 1. The molecule has 1 aliphatic rings. The second-order valence-electron chi connectivity index (χ2n) is 4.28. The molecule has 1 aromatic carbocycles. The van der Waals surface area contributed by atoms with Crippen molar-refractivity contribution in [3.63, 3.8) is 0 Å². The topological polar surface area (TPSA) is 87.7 Å². The van der Waals surface area contributed by atoms with Crippen LogP contribution >= 0.6 is 0 Å². The van der Waals surface area contributed by atoms with Crippen LogP contribution in [-0.2, 0) is 4.79 Å². The van der Waals surface area contributed by atoms with Crippen molar-refractivity contribution in [1.82, 2.24) is 10.6 Å². The van der Waals surface area contributed by atoms with Gasteiger partial charge in [-0.05, 0) is 0 Å². The first-order valence-corrected chi connectivity index (χ1v) is 5.74. The van der Waals surface area contributed by atoms with Crippen LogP contribution in [0.4, 0.5) is 13.6 Å². The second-order valence-corrected chi connectivity index (χ2v) is 4.28. The molecule has 2 rings (SSSR count). The van der Waals surface area contributed by atoms with Gasteiger partial charge < -0.3 is 20.5 Å². The van der Waals surface area contributed by atoms with Gasteiger partial charge in [-0.25, -0.2) is 13.6 Å². The maximum Gasteiger partial charge on any atom is 0.405 e. The number of halogens is 2. The zero-order chi connectivity index (χ0) is 14.9. The number of rotatable bonds is 3. The van der Waals surface area contributed by atoms with E-state index in [0.29, 0.717) is 0 Å². The molecular formula is C12H12F2N2O4. The summed E-state index contributed by atoms with van der Waals surface area (Å²) in [7, 11) is 1.27. The zero-order valence-electron chi connectivity index (χ0n) is 10.4. The Bertz CT molecular complexity index is 541. The summed E-state index contributed by atoms with van der Waals surface area (Å²) in [6.45, 7) is -0.0516. The van der Waals surface area contributed by atoms with E-state index in [4.69, 9.17) is 9.84 Å². The molecule has 2 unspecified atom stereocenters. The maximum atomic E-state index is 14.0. The SMILES string of the molecule is COc1cc(F)c(C2CNC(=O)C2NC(=O)O)c(F)c1. The number of carbonyl (C=O) groups is 2. The van der Waals surface area contributed by atoms with E-state index in [1.54, 1.807) is 0 Å². The first kappa shape index (κ1) is 14.0. The molecule has 20 heavy (non-hydrogen) atoms. The van der Waals surface area contributed by atoms with Crippen molar-refractivity contribution in [2.45, 2.75) is 12.0 Å². The van der Waals surface area contributed by atoms with Crippen LogP contribution < -0.4 is 15.4 Å². The first-order chi connectivity index (χ1) is 9.43. The van der Waals surface area contributed by atoms with Gasteiger partial charge in [-0.1, -0.05) is 0 Å². The summed E-state index contributed by atoms with van der Waals surface area (Å²) in [5.74, 6) is -3.35. The number of nitrogens with one attached hydrogen (secondary N) is 2. The van der Waals surface area contributed by atoms with Crippen molar-refractivity contribution in [3.8, 4) is 5.75 Å². The highest BCUT2D eigenvalue weighted by molar-refractivity contribution is 5.88. The number of ether oxygens (including phenoxy) is 1. The second kappa shape index (κ2) is 5.32. The minimum atomic E-state index is -1.44. The van der Waals surface area contributed by atoms with E-state index in [9.17, 15) is 18.4 Å². The van der Waals surface area contributed by atoms with Crippen molar-refractivity contribution in [2.24, 2.45) is 0 Å². The van der Waals surface area contributed by atoms with E-state index in [1.807, 2.05) is 5.32 Å². The highest BCUT2D eigenvalue weighted by Gasteiger charge is 2.39. The molecule has 0 radical (unpaired) electrons. The standard InChI is InChI=1S/C12H12F2N2O4/c1-20-5-2-7(13)9(8(14)3-5)6-4-15-11(17)10(6)16-12(18)19/h2-3,6,10,16H,4H2,1H3,(H,15,17)(H,18,19). The van der Waals surface area contributed by atoms with Gasteiger partial charge in [0.25, 0.3) is 0 Å². The van der Waals surface area contributed by atoms with Crippen molar-refractivity contribution in [1.29, 1.82) is 0 Å². The molecule has 1 saturated heterocycles. The van der Waals surface area contributed by atoms with Crippen molar-refractivity contribution in [3.05, 3.63) is 29.3 Å². The lowest BCUT2D eigenvalue weighted by Crippen LogP contribution is -2.42. The van der Waals surface area contributed by atoms with Crippen LogP contribution in [-0.4, -0.2) is 36.8 Å². The summed E-state index contributed by atoms with van der Waals surface area (Å²) in [6.07, 6.45) is -1.44. The summed E-state index contributed by atoms with van der Waals surface area (Å²) >= 11 is 0. The molecule has 8 heteroatoms. The van der Waals surface area contributed by atoms with Crippen molar-refractivity contribution in [2.75, 3.05) is 13.7 Å². The van der Waals surface area contributed by atoms with Crippen molar-refractivity contribution >= 4 is 12.0 Å². The van der Waals surface area contributed by atoms with Gasteiger partial charge >= 0.3 is 6.09 Å². The largest absolute Gasteiger partial charge is 0.497 e. The molecule has 1 fully saturated rings. The van der Waals surface area contributed by atoms with Crippen molar-refractivity contribution < 1.29 is 28.2 Å². The van der Waals surface area contributed by atoms with Gasteiger partial charge in [-0.2, -0.15) is 0 Å². The van der Waals surface area contributed by atoms with Gasteiger partial charge in [0.05, 0.1) is 7.11 Å². The van der Waals surface area contributed by atoms with Crippen LogP contribution in [0.3, 0.4) is 0 Å². The molecule has 1 heterocycles. The molecule has 1 aromatic rings. The Morgan fingerprint density at radius 3 is 2.55 bits per heavy atom. The summed E-state index contributed by atoms with van der Waals surface area (Å²) in [6, 6.07) is 0.739. The number of hydrogen-bond acceptors (Lipinski definition) is 3. The molecule has 1 aliphatic heterocycles. The van der Waals surface area contributed by atoms with E-state index < -0.39 is 35.6 Å². The molecule has 0 spiro atoms. The molecule has 0 aliphatic carbocycles. The average Bonchev–Trinajstić information content (AvgIpc) is 2.70. The smallest absolute Gasteiger partial charge is 0.405 e. The third kappa shape index (κ3) is 2.49. The highest BCUT2D eigenvalue weighted by atomic mass is 19.1. The minimum absolute atomic E-state index is 0.00350. The normalized spacial score (nSPS) is 21.4. The highest BCUT2D eigenvalue weighted by Crippen LogP contribution is 2.31.